The summed E-state index contributed by atoms with van der Waals surface area (Å²) in [5.41, 5.74) is 0.681. The van der Waals surface area contributed by atoms with E-state index in [0.29, 0.717) is 11.5 Å². The van der Waals surface area contributed by atoms with Crippen LogP contribution in [0.1, 0.15) is 32.4 Å². The molecular weight excluding hydrogens is 211 g/mol. The Hall–Kier alpha value is -0.540. The molecule has 15 heavy (non-hydrogen) atoms. The van der Waals surface area contributed by atoms with Gasteiger partial charge in [0.05, 0.1) is 6.10 Å². The summed E-state index contributed by atoms with van der Waals surface area (Å²) in [5.74, 6) is 1.27. The minimum absolute atomic E-state index is 0.292. The van der Waals surface area contributed by atoms with Crippen LogP contribution >= 0.6 is 11.8 Å². The lowest BCUT2D eigenvalue weighted by Crippen LogP contribution is -1.97. The van der Waals surface area contributed by atoms with E-state index in [4.69, 9.17) is 0 Å². The highest BCUT2D eigenvalue weighted by atomic mass is 32.2. The molecule has 1 N–H and O–H groups in total. The molecule has 0 aliphatic heterocycles. The van der Waals surface area contributed by atoms with Crippen molar-refractivity contribution < 1.29 is 9.50 Å². The van der Waals surface area contributed by atoms with E-state index in [0.717, 1.165) is 10.6 Å². The van der Waals surface area contributed by atoms with Gasteiger partial charge in [-0.1, -0.05) is 13.8 Å². The molecule has 0 spiro atoms. The Balaban J connectivity index is 2.86. The third kappa shape index (κ3) is 3.84. The van der Waals surface area contributed by atoms with Gasteiger partial charge in [0.2, 0.25) is 0 Å². The normalized spacial score (nSPS) is 13.2. The van der Waals surface area contributed by atoms with Gasteiger partial charge in [-0.25, -0.2) is 4.39 Å². The Morgan fingerprint density at radius 1 is 1.33 bits per heavy atom. The zero-order valence-corrected chi connectivity index (χ0v) is 10.1. The first-order valence-corrected chi connectivity index (χ1v) is 6.09. The largest absolute Gasteiger partial charge is 0.389 e. The monoisotopic (exact) mass is 228 g/mol. The summed E-state index contributed by atoms with van der Waals surface area (Å²) in [5, 5.41) is 9.51. The number of benzene rings is 1. The SMILES string of the molecule is CC(C)CSc1ccc(F)cc1[C@H](C)O. The Bertz CT molecular complexity index is 323. The van der Waals surface area contributed by atoms with Crippen LogP contribution in [-0.2, 0) is 0 Å². The molecule has 3 heteroatoms. The molecule has 1 rings (SSSR count). The lowest BCUT2D eigenvalue weighted by Gasteiger charge is -2.12. The Kier molecular flexibility index (Phi) is 4.61. The Labute approximate surface area is 94.7 Å². The first-order valence-electron chi connectivity index (χ1n) is 5.11. The van der Waals surface area contributed by atoms with Crippen LogP contribution < -0.4 is 0 Å². The fourth-order valence-corrected chi connectivity index (χ4v) is 2.31. The number of hydrogen-bond acceptors (Lipinski definition) is 2. The molecule has 0 radical (unpaired) electrons. The molecule has 0 aliphatic rings. The lowest BCUT2D eigenvalue weighted by molar-refractivity contribution is 0.196. The van der Waals surface area contributed by atoms with Gasteiger partial charge in [0.25, 0.3) is 0 Å². The van der Waals surface area contributed by atoms with Crippen molar-refractivity contribution in [3.8, 4) is 0 Å². The standard InChI is InChI=1S/C12H17FOS/c1-8(2)7-15-12-5-4-10(13)6-11(12)9(3)14/h4-6,8-9,14H,7H2,1-3H3/t9-/m0/s1. The number of aliphatic hydroxyl groups excluding tert-OH is 1. The minimum Gasteiger partial charge on any atom is -0.389 e. The molecule has 0 fully saturated rings. The van der Waals surface area contributed by atoms with Gasteiger partial charge in [-0.05, 0) is 36.6 Å². The van der Waals surface area contributed by atoms with Crippen LogP contribution in [0.4, 0.5) is 4.39 Å². The van der Waals surface area contributed by atoms with Gasteiger partial charge in [0, 0.05) is 10.6 Å². The number of hydrogen-bond donors (Lipinski definition) is 1. The van der Waals surface area contributed by atoms with E-state index in [1.807, 2.05) is 0 Å². The summed E-state index contributed by atoms with van der Waals surface area (Å²) in [6, 6.07) is 4.59. The second-order valence-electron chi connectivity index (χ2n) is 4.06. The van der Waals surface area contributed by atoms with Crippen LogP contribution in [0.3, 0.4) is 0 Å². The predicted octanol–water partition coefficient (Wildman–Crippen LogP) is 3.63. The second kappa shape index (κ2) is 5.52. The van der Waals surface area contributed by atoms with E-state index in [2.05, 4.69) is 13.8 Å². The summed E-state index contributed by atoms with van der Waals surface area (Å²) in [4.78, 5) is 0.972. The maximum absolute atomic E-state index is 13.0. The van der Waals surface area contributed by atoms with Gasteiger partial charge >= 0.3 is 0 Å². The topological polar surface area (TPSA) is 20.2 Å². The van der Waals surface area contributed by atoms with Gasteiger partial charge in [-0.3, -0.25) is 0 Å². The molecule has 0 unspecified atom stereocenters. The van der Waals surface area contributed by atoms with E-state index in [1.165, 1.54) is 12.1 Å². The second-order valence-corrected chi connectivity index (χ2v) is 5.12. The Morgan fingerprint density at radius 2 is 2.00 bits per heavy atom. The highest BCUT2D eigenvalue weighted by Gasteiger charge is 2.10. The quantitative estimate of drug-likeness (QED) is 0.794. The Morgan fingerprint density at radius 3 is 2.53 bits per heavy atom. The van der Waals surface area contributed by atoms with Crippen LogP contribution in [0.5, 0.6) is 0 Å². The molecule has 0 aliphatic carbocycles. The molecule has 0 aromatic heterocycles. The van der Waals surface area contributed by atoms with Gasteiger partial charge in [0.15, 0.2) is 0 Å². The van der Waals surface area contributed by atoms with Gasteiger partial charge in [-0.15, -0.1) is 11.8 Å². The van der Waals surface area contributed by atoms with Crippen molar-refractivity contribution in [1.82, 2.24) is 0 Å². The first kappa shape index (κ1) is 12.5. The number of halogens is 1. The first-order chi connectivity index (χ1) is 7.00. The van der Waals surface area contributed by atoms with Crippen molar-refractivity contribution in [2.24, 2.45) is 5.92 Å². The number of thioether (sulfide) groups is 1. The zero-order valence-electron chi connectivity index (χ0n) is 9.33. The molecule has 1 atom stereocenters. The molecular formula is C12H17FOS. The summed E-state index contributed by atoms with van der Waals surface area (Å²) >= 11 is 1.67. The van der Waals surface area contributed by atoms with Crippen molar-refractivity contribution in [3.05, 3.63) is 29.6 Å². The number of aliphatic hydroxyl groups is 1. The molecule has 0 saturated carbocycles. The fourth-order valence-electron chi connectivity index (χ4n) is 1.23. The van der Waals surface area contributed by atoms with Crippen molar-refractivity contribution >= 4 is 11.8 Å². The van der Waals surface area contributed by atoms with Gasteiger partial charge in [0.1, 0.15) is 5.82 Å². The predicted molar refractivity (Wildman–Crippen MR) is 62.6 cm³/mol. The lowest BCUT2D eigenvalue weighted by atomic mass is 10.1. The van der Waals surface area contributed by atoms with E-state index in [9.17, 15) is 9.50 Å². The van der Waals surface area contributed by atoms with Crippen LogP contribution in [-0.4, -0.2) is 10.9 Å². The van der Waals surface area contributed by atoms with Crippen molar-refractivity contribution in [2.45, 2.75) is 31.8 Å². The van der Waals surface area contributed by atoms with Crippen molar-refractivity contribution in [1.29, 1.82) is 0 Å². The summed E-state index contributed by atoms with van der Waals surface area (Å²) < 4.78 is 13.0. The molecule has 0 saturated heterocycles. The van der Waals surface area contributed by atoms with Gasteiger partial charge in [-0.2, -0.15) is 0 Å². The van der Waals surface area contributed by atoms with Crippen LogP contribution in [0, 0.1) is 11.7 Å². The van der Waals surface area contributed by atoms with Crippen LogP contribution in [0.2, 0.25) is 0 Å². The summed E-state index contributed by atoms with van der Waals surface area (Å²) in [6.45, 7) is 5.94. The third-order valence-electron chi connectivity index (χ3n) is 1.99. The summed E-state index contributed by atoms with van der Waals surface area (Å²) in [7, 11) is 0. The molecule has 1 aromatic carbocycles. The average Bonchev–Trinajstić information content (AvgIpc) is 2.15. The molecule has 0 amide bonds. The minimum atomic E-state index is -0.615. The molecule has 1 aromatic rings. The third-order valence-corrected chi connectivity index (χ3v) is 3.51. The maximum atomic E-state index is 13.0. The molecule has 1 nitrogen and oxygen atoms in total. The maximum Gasteiger partial charge on any atom is 0.123 e. The molecule has 0 heterocycles. The number of rotatable bonds is 4. The fraction of sp³-hybridized carbons (Fsp3) is 0.500. The van der Waals surface area contributed by atoms with E-state index in [-0.39, 0.29) is 5.82 Å². The van der Waals surface area contributed by atoms with Crippen molar-refractivity contribution in [3.63, 3.8) is 0 Å². The average molecular weight is 228 g/mol. The van der Waals surface area contributed by atoms with E-state index in [1.54, 1.807) is 24.8 Å². The highest BCUT2D eigenvalue weighted by Crippen LogP contribution is 2.29. The molecule has 0 bridgehead atoms. The van der Waals surface area contributed by atoms with Gasteiger partial charge < -0.3 is 5.11 Å². The zero-order chi connectivity index (χ0) is 11.4. The van der Waals surface area contributed by atoms with Crippen LogP contribution in [0.25, 0.3) is 0 Å². The smallest absolute Gasteiger partial charge is 0.123 e. The van der Waals surface area contributed by atoms with Crippen molar-refractivity contribution in [2.75, 3.05) is 5.75 Å². The molecule has 84 valence electrons. The highest BCUT2D eigenvalue weighted by molar-refractivity contribution is 7.99. The van der Waals surface area contributed by atoms with E-state index >= 15 is 0 Å². The summed E-state index contributed by atoms with van der Waals surface area (Å²) in [6.07, 6.45) is -0.615. The van der Waals surface area contributed by atoms with E-state index < -0.39 is 6.10 Å². The van der Waals surface area contributed by atoms with Crippen LogP contribution in [0.15, 0.2) is 23.1 Å².